The van der Waals surface area contributed by atoms with Crippen LogP contribution in [0.4, 0.5) is 0 Å². The zero-order valence-corrected chi connectivity index (χ0v) is 20.1. The van der Waals surface area contributed by atoms with Gasteiger partial charge in [0.05, 0.1) is 13.7 Å². The molecule has 1 aromatic rings. The van der Waals surface area contributed by atoms with E-state index in [0.29, 0.717) is 12.6 Å². The Labute approximate surface area is 187 Å². The van der Waals surface area contributed by atoms with Crippen LogP contribution in [0.5, 0.6) is 11.5 Å². The van der Waals surface area contributed by atoms with E-state index in [9.17, 15) is 0 Å². The molecule has 0 aliphatic carbocycles. The summed E-state index contributed by atoms with van der Waals surface area (Å²) in [5.41, 5.74) is 0. The number of likely N-dealkylation sites (tertiary alicyclic amines) is 1. The lowest BCUT2D eigenvalue weighted by Crippen LogP contribution is -2.50. The van der Waals surface area contributed by atoms with E-state index in [1.54, 1.807) is 7.11 Å². The Hall–Kier alpha value is -1.22. The van der Waals surface area contributed by atoms with Crippen molar-refractivity contribution < 1.29 is 9.47 Å². The molecule has 1 aliphatic heterocycles. The van der Waals surface area contributed by atoms with Gasteiger partial charge in [0.15, 0.2) is 5.96 Å². The molecule has 7 heteroatoms. The van der Waals surface area contributed by atoms with Crippen LogP contribution in [0, 0.1) is 0 Å². The van der Waals surface area contributed by atoms with Crippen molar-refractivity contribution in [3.05, 3.63) is 24.3 Å². The fraction of sp³-hybridized carbons (Fsp3) is 0.667. The first-order chi connectivity index (χ1) is 13.1. The molecule has 0 aromatic heterocycles. The van der Waals surface area contributed by atoms with Crippen molar-refractivity contribution in [3.8, 4) is 11.5 Å². The fourth-order valence-electron chi connectivity index (χ4n) is 3.24. The number of guanidine groups is 1. The van der Waals surface area contributed by atoms with Crippen molar-refractivity contribution in [2.45, 2.75) is 51.7 Å². The average molecular weight is 504 g/mol. The predicted molar refractivity (Wildman–Crippen MR) is 127 cm³/mol. The van der Waals surface area contributed by atoms with Crippen LogP contribution in [0.25, 0.3) is 0 Å². The van der Waals surface area contributed by atoms with Crippen LogP contribution in [0.15, 0.2) is 29.3 Å². The Morgan fingerprint density at radius 2 is 1.86 bits per heavy atom. The summed E-state index contributed by atoms with van der Waals surface area (Å²) in [6, 6.07) is 8.15. The molecule has 1 saturated heterocycles. The Bertz CT molecular complexity index is 560. The maximum absolute atomic E-state index is 5.94. The zero-order chi connectivity index (χ0) is 19.5. The summed E-state index contributed by atoms with van der Waals surface area (Å²) < 4.78 is 11.1. The first-order valence-electron chi connectivity index (χ1n) is 10.1. The third-order valence-corrected chi connectivity index (χ3v) is 4.93. The number of benzene rings is 1. The predicted octanol–water partition coefficient (Wildman–Crippen LogP) is 3.51. The second kappa shape index (κ2) is 13.9. The van der Waals surface area contributed by atoms with Crippen molar-refractivity contribution in [3.63, 3.8) is 0 Å². The summed E-state index contributed by atoms with van der Waals surface area (Å²) in [6.45, 7) is 8.58. The summed E-state index contributed by atoms with van der Waals surface area (Å²) in [6.07, 6.45) is 4.94. The molecule has 1 aliphatic rings. The molecule has 160 valence electrons. The molecule has 0 bridgehead atoms. The average Bonchev–Trinajstić information content (AvgIpc) is 2.71. The van der Waals surface area contributed by atoms with Gasteiger partial charge in [-0.15, -0.1) is 24.0 Å². The minimum Gasteiger partial charge on any atom is -0.497 e. The van der Waals surface area contributed by atoms with E-state index in [2.05, 4.69) is 34.4 Å². The summed E-state index contributed by atoms with van der Waals surface area (Å²) in [5.74, 6) is 2.53. The van der Waals surface area contributed by atoms with Crippen LogP contribution in [-0.4, -0.2) is 63.3 Å². The van der Waals surface area contributed by atoms with Crippen LogP contribution < -0.4 is 20.1 Å². The number of aliphatic imine (C=N–C) groups is 1. The number of hydrogen-bond acceptors (Lipinski definition) is 4. The van der Waals surface area contributed by atoms with Gasteiger partial charge in [-0.3, -0.25) is 4.99 Å². The Kier molecular flexibility index (Phi) is 12.3. The van der Waals surface area contributed by atoms with Crippen LogP contribution in [0.3, 0.4) is 0 Å². The Morgan fingerprint density at radius 1 is 1.21 bits per heavy atom. The van der Waals surface area contributed by atoms with E-state index in [4.69, 9.17) is 9.47 Å². The van der Waals surface area contributed by atoms with Gasteiger partial charge < -0.3 is 25.0 Å². The normalized spacial score (nSPS) is 16.8. The highest BCUT2D eigenvalue weighted by atomic mass is 127. The van der Waals surface area contributed by atoms with E-state index in [1.807, 2.05) is 31.3 Å². The quantitative estimate of drug-likeness (QED) is 0.306. The molecule has 6 nitrogen and oxygen atoms in total. The van der Waals surface area contributed by atoms with Crippen molar-refractivity contribution in [2.24, 2.45) is 4.99 Å². The number of nitrogens with one attached hydrogen (secondary N) is 2. The molecular weight excluding hydrogens is 467 g/mol. The number of ether oxygens (including phenoxy) is 2. The molecule has 2 N–H and O–H groups in total. The van der Waals surface area contributed by atoms with Gasteiger partial charge in [0, 0.05) is 26.2 Å². The first kappa shape index (κ1) is 24.8. The van der Waals surface area contributed by atoms with Gasteiger partial charge in [-0.2, -0.15) is 0 Å². The molecule has 1 heterocycles. The largest absolute Gasteiger partial charge is 0.497 e. The van der Waals surface area contributed by atoms with Gasteiger partial charge in [0.2, 0.25) is 0 Å². The molecule has 1 atom stereocenters. The standard InChI is InChI=1S/C21H36N4O2.HI/c1-5-6-13-25-14-11-18(12-15-25)24-21(22-3)23-16-17(2)27-20-9-7-19(26-4)8-10-20;/h7-10,17-18H,5-6,11-16H2,1-4H3,(H2,22,23,24);1H. The number of hydrogen-bond donors (Lipinski definition) is 2. The third-order valence-electron chi connectivity index (χ3n) is 4.93. The van der Waals surface area contributed by atoms with E-state index >= 15 is 0 Å². The molecule has 1 aromatic carbocycles. The molecule has 0 radical (unpaired) electrons. The smallest absolute Gasteiger partial charge is 0.191 e. The SMILES string of the molecule is CCCCN1CCC(NC(=NC)NCC(C)Oc2ccc(OC)cc2)CC1.I. The van der Waals surface area contributed by atoms with E-state index < -0.39 is 0 Å². The van der Waals surface area contributed by atoms with Crippen LogP contribution in [0.2, 0.25) is 0 Å². The summed E-state index contributed by atoms with van der Waals surface area (Å²) in [5, 5.41) is 6.94. The van der Waals surface area contributed by atoms with Gasteiger partial charge in [-0.25, -0.2) is 0 Å². The van der Waals surface area contributed by atoms with Gasteiger partial charge in [-0.1, -0.05) is 13.3 Å². The zero-order valence-electron chi connectivity index (χ0n) is 17.7. The topological polar surface area (TPSA) is 58.1 Å². The highest BCUT2D eigenvalue weighted by molar-refractivity contribution is 14.0. The molecule has 0 saturated carbocycles. The highest BCUT2D eigenvalue weighted by Gasteiger charge is 2.19. The second-order valence-corrected chi connectivity index (χ2v) is 7.17. The van der Waals surface area contributed by atoms with E-state index in [1.165, 1.54) is 45.3 Å². The molecule has 1 unspecified atom stereocenters. The van der Waals surface area contributed by atoms with Crippen LogP contribution in [-0.2, 0) is 0 Å². The maximum Gasteiger partial charge on any atom is 0.191 e. The Balaban J connectivity index is 0.00000392. The molecule has 0 amide bonds. The fourth-order valence-corrected chi connectivity index (χ4v) is 3.24. The molecule has 2 rings (SSSR count). The summed E-state index contributed by atoms with van der Waals surface area (Å²) >= 11 is 0. The van der Waals surface area contributed by atoms with Crippen molar-refractivity contribution >= 4 is 29.9 Å². The van der Waals surface area contributed by atoms with Crippen LogP contribution >= 0.6 is 24.0 Å². The number of nitrogens with zero attached hydrogens (tertiary/aromatic N) is 2. The summed E-state index contributed by atoms with van der Waals surface area (Å²) in [4.78, 5) is 6.93. The lowest BCUT2D eigenvalue weighted by Gasteiger charge is -2.33. The minimum atomic E-state index is 0. The first-order valence-corrected chi connectivity index (χ1v) is 10.1. The minimum absolute atomic E-state index is 0. The molecule has 1 fully saturated rings. The van der Waals surface area contributed by atoms with Crippen molar-refractivity contribution in [2.75, 3.05) is 40.3 Å². The summed E-state index contributed by atoms with van der Waals surface area (Å²) in [7, 11) is 3.48. The Morgan fingerprint density at radius 3 is 2.43 bits per heavy atom. The number of halogens is 1. The van der Waals surface area contributed by atoms with Gasteiger partial charge in [-0.05, 0) is 57.0 Å². The number of rotatable bonds is 9. The monoisotopic (exact) mass is 504 g/mol. The number of unbranched alkanes of at least 4 members (excludes halogenated alkanes) is 1. The van der Waals surface area contributed by atoms with Gasteiger partial charge >= 0.3 is 0 Å². The number of piperidine rings is 1. The third kappa shape index (κ3) is 8.86. The second-order valence-electron chi connectivity index (χ2n) is 7.17. The molecular formula is C21H37IN4O2. The van der Waals surface area contributed by atoms with E-state index in [0.717, 1.165) is 17.5 Å². The highest BCUT2D eigenvalue weighted by Crippen LogP contribution is 2.18. The molecule has 0 spiro atoms. The van der Waals surface area contributed by atoms with Crippen molar-refractivity contribution in [1.29, 1.82) is 0 Å². The number of methoxy groups -OCH3 is 1. The molecule has 28 heavy (non-hydrogen) atoms. The van der Waals surface area contributed by atoms with Crippen molar-refractivity contribution in [1.82, 2.24) is 15.5 Å². The van der Waals surface area contributed by atoms with Crippen LogP contribution in [0.1, 0.15) is 39.5 Å². The van der Waals surface area contributed by atoms with Gasteiger partial charge in [0.1, 0.15) is 17.6 Å². The lowest BCUT2D eigenvalue weighted by molar-refractivity contribution is 0.202. The van der Waals surface area contributed by atoms with E-state index in [-0.39, 0.29) is 30.1 Å². The van der Waals surface area contributed by atoms with Gasteiger partial charge in [0.25, 0.3) is 0 Å². The maximum atomic E-state index is 5.94. The lowest BCUT2D eigenvalue weighted by atomic mass is 10.0.